The SMILES string of the molecule is COc1cc(OC)c(NC(=S)Nc2ccc(CC(N)=O)cc2C(F)(F)F)cc1Cl. The van der Waals surface area contributed by atoms with Gasteiger partial charge in [-0.05, 0) is 36.0 Å². The van der Waals surface area contributed by atoms with Gasteiger partial charge in [0.05, 0.1) is 42.6 Å². The summed E-state index contributed by atoms with van der Waals surface area (Å²) in [5, 5.41) is 5.37. The van der Waals surface area contributed by atoms with Crippen LogP contribution in [-0.4, -0.2) is 25.2 Å². The van der Waals surface area contributed by atoms with E-state index in [9.17, 15) is 18.0 Å². The molecule has 29 heavy (non-hydrogen) atoms. The van der Waals surface area contributed by atoms with Crippen molar-refractivity contribution in [2.24, 2.45) is 5.73 Å². The van der Waals surface area contributed by atoms with Gasteiger partial charge in [-0.2, -0.15) is 13.2 Å². The van der Waals surface area contributed by atoms with Crippen molar-refractivity contribution in [3.8, 4) is 11.5 Å². The predicted molar refractivity (Wildman–Crippen MR) is 109 cm³/mol. The van der Waals surface area contributed by atoms with Crippen LogP contribution < -0.4 is 25.8 Å². The van der Waals surface area contributed by atoms with Crippen molar-refractivity contribution in [2.75, 3.05) is 24.9 Å². The summed E-state index contributed by atoms with van der Waals surface area (Å²) in [7, 11) is 2.84. The van der Waals surface area contributed by atoms with Crippen LogP contribution in [0.3, 0.4) is 0 Å². The topological polar surface area (TPSA) is 85.6 Å². The first kappa shape index (κ1) is 22.6. The highest BCUT2D eigenvalue weighted by Crippen LogP contribution is 2.37. The third-order valence-electron chi connectivity index (χ3n) is 3.74. The quantitative estimate of drug-likeness (QED) is 0.575. The number of nitrogens with two attached hydrogens (primary N) is 1. The number of primary amides is 1. The van der Waals surface area contributed by atoms with Crippen molar-refractivity contribution in [1.29, 1.82) is 0 Å². The molecule has 0 bridgehead atoms. The van der Waals surface area contributed by atoms with Crippen LogP contribution in [0.1, 0.15) is 11.1 Å². The number of carbonyl (C=O) groups excluding carboxylic acids is 1. The van der Waals surface area contributed by atoms with E-state index in [0.29, 0.717) is 17.2 Å². The zero-order valence-electron chi connectivity index (χ0n) is 15.3. The van der Waals surface area contributed by atoms with Crippen molar-refractivity contribution in [3.05, 3.63) is 46.5 Å². The first-order valence-electron chi connectivity index (χ1n) is 8.03. The minimum absolute atomic E-state index is 0.127. The Hall–Kier alpha value is -2.72. The number of anilines is 2. The number of rotatable bonds is 6. The molecule has 0 saturated heterocycles. The lowest BCUT2D eigenvalue weighted by atomic mass is 10.1. The molecule has 1 amide bonds. The number of hydrogen-bond donors (Lipinski definition) is 3. The Morgan fingerprint density at radius 3 is 2.28 bits per heavy atom. The smallest absolute Gasteiger partial charge is 0.418 e. The Labute approximate surface area is 175 Å². The molecule has 4 N–H and O–H groups in total. The summed E-state index contributed by atoms with van der Waals surface area (Å²) in [5.74, 6) is -0.0555. The van der Waals surface area contributed by atoms with Gasteiger partial charge >= 0.3 is 6.18 Å². The number of alkyl halides is 3. The molecule has 0 unspecified atom stereocenters. The van der Waals surface area contributed by atoms with Gasteiger partial charge in [-0.25, -0.2) is 0 Å². The summed E-state index contributed by atoms with van der Waals surface area (Å²) in [5.41, 5.74) is 4.24. The van der Waals surface area contributed by atoms with Gasteiger partial charge in [-0.3, -0.25) is 4.79 Å². The second-order valence-corrected chi connectivity index (χ2v) is 6.60. The Bertz CT molecular complexity index is 939. The molecular formula is C18H17ClF3N3O3S. The summed E-state index contributed by atoms with van der Waals surface area (Å²) < 4.78 is 50.6. The zero-order valence-corrected chi connectivity index (χ0v) is 16.9. The molecule has 0 aliphatic carbocycles. The number of amides is 1. The van der Waals surface area contributed by atoms with Crippen molar-refractivity contribution in [1.82, 2.24) is 0 Å². The van der Waals surface area contributed by atoms with Gasteiger partial charge in [0, 0.05) is 6.07 Å². The second-order valence-electron chi connectivity index (χ2n) is 5.79. The Kier molecular flexibility index (Phi) is 7.15. The highest BCUT2D eigenvalue weighted by Gasteiger charge is 2.34. The third-order valence-corrected chi connectivity index (χ3v) is 4.24. The standard InChI is InChI=1S/C18H17ClF3N3O3S/c1-27-14-8-15(28-2)13(7-11(14)19)25-17(29)24-12-4-3-9(6-16(23)26)5-10(12)18(20,21)22/h3-5,7-8H,6H2,1-2H3,(H2,23,26)(H2,24,25,29). The van der Waals surface area contributed by atoms with Gasteiger partial charge in [0.15, 0.2) is 5.11 Å². The fourth-order valence-corrected chi connectivity index (χ4v) is 2.94. The molecule has 0 heterocycles. The van der Waals surface area contributed by atoms with Crippen LogP contribution in [0.15, 0.2) is 30.3 Å². The molecule has 0 aliphatic heterocycles. The molecule has 2 rings (SSSR count). The lowest BCUT2D eigenvalue weighted by Crippen LogP contribution is -2.22. The van der Waals surface area contributed by atoms with Gasteiger partial charge in [-0.1, -0.05) is 17.7 Å². The van der Waals surface area contributed by atoms with E-state index in [1.54, 1.807) is 0 Å². The van der Waals surface area contributed by atoms with E-state index in [1.807, 2.05) is 0 Å². The van der Waals surface area contributed by atoms with Crippen molar-refractivity contribution < 1.29 is 27.4 Å². The number of halogens is 4. The number of methoxy groups -OCH3 is 2. The molecule has 6 nitrogen and oxygen atoms in total. The lowest BCUT2D eigenvalue weighted by Gasteiger charge is -2.18. The third kappa shape index (κ3) is 5.88. The number of carbonyl (C=O) groups is 1. The van der Waals surface area contributed by atoms with Crippen LogP contribution in [0.4, 0.5) is 24.5 Å². The molecule has 0 aliphatic rings. The van der Waals surface area contributed by atoms with Gasteiger partial charge in [0.25, 0.3) is 0 Å². The fourth-order valence-electron chi connectivity index (χ4n) is 2.48. The van der Waals surface area contributed by atoms with E-state index in [0.717, 1.165) is 6.07 Å². The fraction of sp³-hybridized carbons (Fsp3) is 0.222. The summed E-state index contributed by atoms with van der Waals surface area (Å²) in [6.45, 7) is 0. The maximum absolute atomic E-state index is 13.4. The van der Waals surface area contributed by atoms with Gasteiger partial charge in [0.1, 0.15) is 11.5 Å². The van der Waals surface area contributed by atoms with Crippen molar-refractivity contribution >= 4 is 46.2 Å². The van der Waals surface area contributed by atoms with Crippen molar-refractivity contribution in [3.63, 3.8) is 0 Å². The van der Waals surface area contributed by atoms with Gasteiger partial charge < -0.3 is 25.8 Å². The largest absolute Gasteiger partial charge is 0.495 e. The van der Waals surface area contributed by atoms with E-state index in [2.05, 4.69) is 10.6 Å². The highest BCUT2D eigenvalue weighted by molar-refractivity contribution is 7.80. The minimum Gasteiger partial charge on any atom is -0.495 e. The number of ether oxygens (including phenoxy) is 2. The van der Waals surface area contributed by atoms with Gasteiger partial charge in [0.2, 0.25) is 5.91 Å². The van der Waals surface area contributed by atoms with Crippen LogP contribution >= 0.6 is 23.8 Å². The Balaban J connectivity index is 2.29. The first-order valence-corrected chi connectivity index (χ1v) is 8.81. The molecule has 0 saturated carbocycles. The molecule has 0 aromatic heterocycles. The van der Waals surface area contributed by atoms with E-state index in [4.69, 9.17) is 39.0 Å². The van der Waals surface area contributed by atoms with Crippen LogP contribution in [-0.2, 0) is 17.4 Å². The molecule has 0 spiro atoms. The van der Waals surface area contributed by atoms with E-state index in [-0.39, 0.29) is 27.8 Å². The van der Waals surface area contributed by atoms with Crippen LogP contribution in [0.5, 0.6) is 11.5 Å². The average molecular weight is 448 g/mol. The molecular weight excluding hydrogens is 431 g/mol. The summed E-state index contributed by atoms with van der Waals surface area (Å²) in [6, 6.07) is 6.35. The summed E-state index contributed by atoms with van der Waals surface area (Å²) in [6.07, 6.45) is -4.99. The number of nitrogens with one attached hydrogen (secondary N) is 2. The predicted octanol–water partition coefficient (Wildman–Crippen LogP) is 4.21. The maximum atomic E-state index is 13.4. The second kappa shape index (κ2) is 9.19. The molecule has 11 heteroatoms. The van der Waals surface area contributed by atoms with E-state index >= 15 is 0 Å². The molecule has 2 aromatic carbocycles. The van der Waals surface area contributed by atoms with Crippen molar-refractivity contribution in [2.45, 2.75) is 12.6 Å². The molecule has 0 radical (unpaired) electrons. The van der Waals surface area contributed by atoms with Gasteiger partial charge in [-0.15, -0.1) is 0 Å². The van der Waals surface area contributed by atoms with E-state index in [1.165, 1.54) is 38.5 Å². The molecule has 156 valence electrons. The Morgan fingerprint density at radius 1 is 1.10 bits per heavy atom. The van der Waals surface area contributed by atoms with Crippen LogP contribution in [0.25, 0.3) is 0 Å². The maximum Gasteiger partial charge on any atom is 0.418 e. The minimum atomic E-state index is -4.67. The zero-order chi connectivity index (χ0) is 21.8. The normalized spacial score (nSPS) is 11.0. The lowest BCUT2D eigenvalue weighted by molar-refractivity contribution is -0.137. The monoisotopic (exact) mass is 447 g/mol. The summed E-state index contributed by atoms with van der Waals surface area (Å²) >= 11 is 11.2. The number of thiocarbonyl (C=S) groups is 1. The summed E-state index contributed by atoms with van der Waals surface area (Å²) in [4.78, 5) is 11.0. The van der Waals surface area contributed by atoms with E-state index < -0.39 is 17.6 Å². The van der Waals surface area contributed by atoms with Crippen LogP contribution in [0.2, 0.25) is 5.02 Å². The number of benzene rings is 2. The molecule has 2 aromatic rings. The number of hydrogen-bond acceptors (Lipinski definition) is 4. The molecule has 0 atom stereocenters. The Morgan fingerprint density at radius 2 is 1.72 bits per heavy atom. The van der Waals surface area contributed by atoms with Crippen LogP contribution in [0, 0.1) is 0 Å². The highest BCUT2D eigenvalue weighted by atomic mass is 35.5. The first-order chi connectivity index (χ1) is 13.5. The average Bonchev–Trinajstić information content (AvgIpc) is 2.62. The molecule has 0 fully saturated rings.